The second-order valence-corrected chi connectivity index (χ2v) is 4.73. The summed E-state index contributed by atoms with van der Waals surface area (Å²) in [4.78, 5) is 10.6. The first-order valence-corrected chi connectivity index (χ1v) is 6.35. The third-order valence-corrected chi connectivity index (χ3v) is 3.44. The predicted octanol–water partition coefficient (Wildman–Crippen LogP) is 2.43. The number of nitriles is 1. The molecule has 0 radical (unpaired) electrons. The first-order valence-electron chi connectivity index (χ1n) is 6.35. The van der Waals surface area contributed by atoms with Gasteiger partial charge < -0.3 is 5.32 Å². The van der Waals surface area contributed by atoms with Crippen molar-refractivity contribution in [3.8, 4) is 6.07 Å². The Kier molecular flexibility index (Phi) is 3.89. The van der Waals surface area contributed by atoms with E-state index in [1.165, 1.54) is 6.07 Å². The summed E-state index contributed by atoms with van der Waals surface area (Å²) in [6.07, 6.45) is 0. The Balaban J connectivity index is 2.28. The van der Waals surface area contributed by atoms with Crippen LogP contribution in [0, 0.1) is 35.3 Å². The summed E-state index contributed by atoms with van der Waals surface area (Å²) in [6, 6.07) is 6.28. The summed E-state index contributed by atoms with van der Waals surface area (Å²) in [7, 11) is 1.86. The van der Waals surface area contributed by atoms with Crippen molar-refractivity contribution < 1.29 is 4.92 Å². The zero-order chi connectivity index (χ0) is 15.6. The summed E-state index contributed by atoms with van der Waals surface area (Å²) in [5.74, 6) is 0. The van der Waals surface area contributed by atoms with E-state index in [4.69, 9.17) is 5.26 Å². The van der Waals surface area contributed by atoms with Crippen LogP contribution in [0.2, 0.25) is 0 Å². The Morgan fingerprint density at radius 1 is 1.48 bits per heavy atom. The molecule has 0 saturated heterocycles. The molecule has 0 fully saturated rings. The maximum Gasteiger partial charge on any atom is 0.293 e. The Bertz CT molecular complexity index is 743. The van der Waals surface area contributed by atoms with Crippen molar-refractivity contribution in [3.05, 3.63) is 50.8 Å². The molecule has 0 amide bonds. The summed E-state index contributed by atoms with van der Waals surface area (Å²) >= 11 is 0. The lowest BCUT2D eigenvalue weighted by Gasteiger charge is -2.08. The van der Waals surface area contributed by atoms with Crippen LogP contribution in [0.15, 0.2) is 18.2 Å². The van der Waals surface area contributed by atoms with Gasteiger partial charge in [0.15, 0.2) is 0 Å². The smallest absolute Gasteiger partial charge is 0.293 e. The van der Waals surface area contributed by atoms with Crippen LogP contribution in [-0.4, -0.2) is 14.7 Å². The Morgan fingerprint density at radius 3 is 2.71 bits per heavy atom. The molecule has 21 heavy (non-hydrogen) atoms. The Hall–Kier alpha value is -2.88. The van der Waals surface area contributed by atoms with E-state index < -0.39 is 4.92 Å². The maximum atomic E-state index is 11.1. The summed E-state index contributed by atoms with van der Waals surface area (Å²) in [6.45, 7) is 4.29. The molecule has 0 aliphatic rings. The zero-order valence-corrected chi connectivity index (χ0v) is 12.0. The highest BCUT2D eigenvalue weighted by Gasteiger charge is 2.16. The predicted molar refractivity (Wildman–Crippen MR) is 77.8 cm³/mol. The molecule has 2 rings (SSSR count). The van der Waals surface area contributed by atoms with Gasteiger partial charge in [0.2, 0.25) is 0 Å². The lowest BCUT2D eigenvalue weighted by atomic mass is 10.1. The molecule has 0 aliphatic heterocycles. The van der Waals surface area contributed by atoms with Crippen LogP contribution in [0.4, 0.5) is 11.4 Å². The van der Waals surface area contributed by atoms with Crippen LogP contribution < -0.4 is 5.32 Å². The summed E-state index contributed by atoms with van der Waals surface area (Å²) < 4.78 is 1.78. The van der Waals surface area contributed by atoms with Gasteiger partial charge in [-0.05, 0) is 26.0 Å². The average molecular weight is 285 g/mol. The minimum Gasteiger partial charge on any atom is -0.375 e. The molecule has 1 aromatic heterocycles. The fourth-order valence-corrected chi connectivity index (χ4v) is 2.16. The summed E-state index contributed by atoms with van der Waals surface area (Å²) in [5, 5.41) is 27.3. The van der Waals surface area contributed by atoms with E-state index in [1.54, 1.807) is 16.8 Å². The van der Waals surface area contributed by atoms with Gasteiger partial charge in [-0.1, -0.05) is 0 Å². The van der Waals surface area contributed by atoms with E-state index in [9.17, 15) is 10.1 Å². The van der Waals surface area contributed by atoms with Gasteiger partial charge in [-0.3, -0.25) is 14.8 Å². The topological polar surface area (TPSA) is 96.8 Å². The number of rotatable bonds is 4. The molecule has 0 aliphatic carbocycles. The van der Waals surface area contributed by atoms with E-state index in [-0.39, 0.29) is 11.3 Å². The molecule has 7 nitrogen and oxygen atoms in total. The van der Waals surface area contributed by atoms with Crippen molar-refractivity contribution in [1.82, 2.24) is 9.78 Å². The van der Waals surface area contributed by atoms with Gasteiger partial charge in [0.25, 0.3) is 5.69 Å². The number of aryl methyl sites for hydroxylation is 2. The molecule has 0 bridgehead atoms. The van der Waals surface area contributed by atoms with E-state index >= 15 is 0 Å². The number of aromatic nitrogens is 2. The molecular formula is C14H15N5O2. The van der Waals surface area contributed by atoms with Crippen molar-refractivity contribution in [2.24, 2.45) is 7.05 Å². The van der Waals surface area contributed by atoms with Gasteiger partial charge in [-0.2, -0.15) is 10.4 Å². The van der Waals surface area contributed by atoms with E-state index in [2.05, 4.69) is 10.4 Å². The van der Waals surface area contributed by atoms with Gasteiger partial charge in [-0.15, -0.1) is 0 Å². The number of nitro benzene ring substituents is 1. The molecule has 0 unspecified atom stereocenters. The van der Waals surface area contributed by atoms with Crippen LogP contribution in [0.5, 0.6) is 0 Å². The first-order chi connectivity index (χ1) is 9.93. The number of nitro groups is 1. The van der Waals surface area contributed by atoms with Crippen LogP contribution in [-0.2, 0) is 13.6 Å². The maximum absolute atomic E-state index is 11.1. The van der Waals surface area contributed by atoms with Gasteiger partial charge >= 0.3 is 0 Å². The highest BCUT2D eigenvalue weighted by atomic mass is 16.6. The summed E-state index contributed by atoms with van der Waals surface area (Å²) in [5.41, 5.74) is 3.46. The van der Waals surface area contributed by atoms with E-state index in [0.717, 1.165) is 17.0 Å². The average Bonchev–Trinajstić information content (AvgIpc) is 2.70. The third kappa shape index (κ3) is 2.84. The van der Waals surface area contributed by atoms with Crippen LogP contribution in [0.3, 0.4) is 0 Å². The number of anilines is 1. The number of nitrogens with zero attached hydrogens (tertiary/aromatic N) is 4. The van der Waals surface area contributed by atoms with Crippen molar-refractivity contribution in [2.45, 2.75) is 20.4 Å². The largest absolute Gasteiger partial charge is 0.375 e. The third-order valence-electron chi connectivity index (χ3n) is 3.44. The molecule has 0 saturated carbocycles. The highest BCUT2D eigenvalue weighted by molar-refractivity contribution is 5.64. The number of hydrogen-bond donors (Lipinski definition) is 1. The van der Waals surface area contributed by atoms with Crippen molar-refractivity contribution in [1.29, 1.82) is 5.26 Å². The molecule has 0 spiro atoms. The molecule has 7 heteroatoms. The van der Waals surface area contributed by atoms with Gasteiger partial charge in [-0.25, -0.2) is 0 Å². The van der Waals surface area contributed by atoms with Crippen LogP contribution in [0.1, 0.15) is 22.5 Å². The fraction of sp³-hybridized carbons (Fsp3) is 0.286. The lowest BCUT2D eigenvalue weighted by molar-refractivity contribution is -0.384. The Morgan fingerprint density at radius 2 is 2.19 bits per heavy atom. The molecule has 2 aromatic rings. The zero-order valence-electron chi connectivity index (χ0n) is 12.0. The van der Waals surface area contributed by atoms with Crippen LogP contribution >= 0.6 is 0 Å². The van der Waals surface area contributed by atoms with E-state index in [1.807, 2.05) is 27.0 Å². The SMILES string of the molecule is Cc1nn(C)c(C)c1CNc1ccc(C#N)cc1[N+](=O)[O-]. The minimum atomic E-state index is -0.494. The normalized spacial score (nSPS) is 10.2. The molecule has 1 N–H and O–H groups in total. The quantitative estimate of drug-likeness (QED) is 0.687. The van der Waals surface area contributed by atoms with E-state index in [0.29, 0.717) is 12.2 Å². The van der Waals surface area contributed by atoms with Crippen molar-refractivity contribution in [2.75, 3.05) is 5.32 Å². The molecule has 0 atom stereocenters. The van der Waals surface area contributed by atoms with Crippen molar-refractivity contribution in [3.63, 3.8) is 0 Å². The number of benzene rings is 1. The molecule has 108 valence electrons. The monoisotopic (exact) mass is 285 g/mol. The second-order valence-electron chi connectivity index (χ2n) is 4.73. The number of hydrogen-bond acceptors (Lipinski definition) is 5. The molecule has 1 heterocycles. The standard InChI is InChI=1S/C14H15N5O2/c1-9-12(10(2)18(3)17-9)8-16-13-5-4-11(7-15)6-14(13)19(20)21/h4-6,16H,8H2,1-3H3. The van der Waals surface area contributed by atoms with Gasteiger partial charge in [0.1, 0.15) is 5.69 Å². The second kappa shape index (κ2) is 5.63. The van der Waals surface area contributed by atoms with Crippen LogP contribution in [0.25, 0.3) is 0 Å². The lowest BCUT2D eigenvalue weighted by Crippen LogP contribution is -2.05. The Labute approximate surface area is 122 Å². The fourth-order valence-electron chi connectivity index (χ4n) is 2.16. The van der Waals surface area contributed by atoms with Gasteiger partial charge in [0, 0.05) is 30.9 Å². The highest BCUT2D eigenvalue weighted by Crippen LogP contribution is 2.26. The first kappa shape index (κ1) is 14.5. The number of nitrogens with one attached hydrogen (secondary N) is 1. The van der Waals surface area contributed by atoms with Crippen molar-refractivity contribution >= 4 is 11.4 Å². The molecule has 1 aromatic carbocycles. The minimum absolute atomic E-state index is 0.103. The molecular weight excluding hydrogens is 270 g/mol. The van der Waals surface area contributed by atoms with Gasteiger partial charge in [0.05, 0.1) is 22.2 Å².